The van der Waals surface area contributed by atoms with Crippen molar-refractivity contribution in [1.29, 1.82) is 0 Å². The molecule has 126 valence electrons. The summed E-state index contributed by atoms with van der Waals surface area (Å²) >= 11 is 0. The van der Waals surface area contributed by atoms with E-state index < -0.39 is 17.8 Å². The summed E-state index contributed by atoms with van der Waals surface area (Å²) in [6, 6.07) is 2.22. The van der Waals surface area contributed by atoms with Crippen molar-refractivity contribution in [1.82, 2.24) is 9.55 Å². The SMILES string of the molecule is CCc1ccccc1C(C)(C)OC(F)(F)C(F)(F)n1ccnc1. The Hall–Kier alpha value is -1.89. The van der Waals surface area contributed by atoms with Gasteiger partial charge in [-0.1, -0.05) is 31.2 Å². The molecule has 0 aliphatic carbocycles. The molecule has 0 unspecified atom stereocenters. The van der Waals surface area contributed by atoms with Gasteiger partial charge in [0.2, 0.25) is 0 Å². The lowest BCUT2D eigenvalue weighted by Crippen LogP contribution is -2.48. The molecule has 1 aromatic carbocycles. The molecule has 0 amide bonds. The zero-order valence-corrected chi connectivity index (χ0v) is 13.1. The minimum absolute atomic E-state index is 0.0365. The first-order chi connectivity index (χ1) is 10.6. The van der Waals surface area contributed by atoms with Gasteiger partial charge in [-0.15, -0.1) is 0 Å². The number of alkyl halides is 4. The number of rotatable bonds is 6. The lowest BCUT2D eigenvalue weighted by atomic mass is 9.91. The van der Waals surface area contributed by atoms with Gasteiger partial charge in [-0.05, 0) is 31.4 Å². The molecule has 0 aliphatic rings. The Morgan fingerprint density at radius 3 is 2.35 bits per heavy atom. The fourth-order valence-electron chi connectivity index (χ4n) is 2.43. The molecule has 0 aliphatic heterocycles. The standard InChI is InChI=1S/C16H18F4N2O/c1-4-12-7-5-6-8-13(12)14(2,3)23-16(19,20)15(17,18)22-10-9-21-11-22/h5-11H,4H2,1-3H3. The summed E-state index contributed by atoms with van der Waals surface area (Å²) in [5.74, 6) is 0. The summed E-state index contributed by atoms with van der Waals surface area (Å²) in [5, 5.41) is 0. The number of ether oxygens (including phenoxy) is 1. The summed E-state index contributed by atoms with van der Waals surface area (Å²) in [6.07, 6.45) is -1.74. The molecule has 1 heterocycles. The van der Waals surface area contributed by atoms with E-state index >= 15 is 0 Å². The average molecular weight is 330 g/mol. The van der Waals surface area contributed by atoms with Crippen LogP contribution in [-0.2, 0) is 22.8 Å². The van der Waals surface area contributed by atoms with E-state index in [9.17, 15) is 17.6 Å². The van der Waals surface area contributed by atoms with Crippen molar-refractivity contribution in [2.45, 2.75) is 44.9 Å². The number of halogens is 4. The van der Waals surface area contributed by atoms with E-state index in [2.05, 4.69) is 9.72 Å². The number of benzene rings is 1. The van der Waals surface area contributed by atoms with E-state index in [0.717, 1.165) is 18.0 Å². The molecule has 0 saturated heterocycles. The van der Waals surface area contributed by atoms with Gasteiger partial charge in [0.25, 0.3) is 0 Å². The van der Waals surface area contributed by atoms with Crippen LogP contribution in [-0.4, -0.2) is 15.7 Å². The number of hydrogen-bond donors (Lipinski definition) is 0. The van der Waals surface area contributed by atoms with Crippen molar-refractivity contribution in [2.75, 3.05) is 0 Å². The van der Waals surface area contributed by atoms with Crippen molar-refractivity contribution < 1.29 is 22.3 Å². The third kappa shape index (κ3) is 3.24. The Labute approximate surface area is 131 Å². The van der Waals surface area contributed by atoms with Gasteiger partial charge in [-0.25, -0.2) is 4.98 Å². The molecule has 3 nitrogen and oxygen atoms in total. The molecule has 0 saturated carbocycles. The van der Waals surface area contributed by atoms with E-state index in [0.29, 0.717) is 18.3 Å². The van der Waals surface area contributed by atoms with Gasteiger partial charge in [-0.3, -0.25) is 4.57 Å². The molecular weight excluding hydrogens is 312 g/mol. The normalized spacial score (nSPS) is 13.3. The molecule has 7 heteroatoms. The number of hydrogen-bond acceptors (Lipinski definition) is 2. The lowest BCUT2D eigenvalue weighted by Gasteiger charge is -2.35. The number of nitrogens with zero attached hydrogens (tertiary/aromatic N) is 2. The van der Waals surface area contributed by atoms with E-state index in [4.69, 9.17) is 0 Å². The lowest BCUT2D eigenvalue weighted by molar-refractivity contribution is -0.408. The summed E-state index contributed by atoms with van der Waals surface area (Å²) in [4.78, 5) is 3.38. The highest BCUT2D eigenvalue weighted by Gasteiger charge is 2.62. The highest BCUT2D eigenvalue weighted by atomic mass is 19.3. The minimum atomic E-state index is -4.71. The minimum Gasteiger partial charge on any atom is -0.303 e. The van der Waals surface area contributed by atoms with Crippen LogP contribution in [0, 0.1) is 0 Å². The molecule has 0 atom stereocenters. The first-order valence-electron chi connectivity index (χ1n) is 7.14. The fraction of sp³-hybridized carbons (Fsp3) is 0.438. The maximum Gasteiger partial charge on any atom is 0.442 e. The van der Waals surface area contributed by atoms with Crippen molar-refractivity contribution >= 4 is 0 Å². The van der Waals surface area contributed by atoms with E-state index in [-0.39, 0.29) is 4.57 Å². The van der Waals surface area contributed by atoms with E-state index in [1.165, 1.54) is 13.8 Å². The molecule has 0 bridgehead atoms. The third-order valence-electron chi connectivity index (χ3n) is 3.61. The molecule has 0 radical (unpaired) electrons. The van der Waals surface area contributed by atoms with Crippen LogP contribution in [0.25, 0.3) is 0 Å². The highest BCUT2D eigenvalue weighted by molar-refractivity contribution is 5.31. The predicted octanol–water partition coefficient (Wildman–Crippen LogP) is 4.54. The maximum absolute atomic E-state index is 14.2. The van der Waals surface area contributed by atoms with Crippen LogP contribution in [0.2, 0.25) is 0 Å². The second-order valence-corrected chi connectivity index (χ2v) is 5.65. The van der Waals surface area contributed by atoms with Gasteiger partial charge >= 0.3 is 12.2 Å². The van der Waals surface area contributed by atoms with Gasteiger partial charge in [0, 0.05) is 12.4 Å². The number of aryl methyl sites for hydroxylation is 1. The average Bonchev–Trinajstić information content (AvgIpc) is 3.00. The first kappa shape index (κ1) is 17.5. The van der Waals surface area contributed by atoms with Crippen molar-refractivity contribution in [3.8, 4) is 0 Å². The van der Waals surface area contributed by atoms with Crippen LogP contribution in [0.15, 0.2) is 43.0 Å². The molecule has 0 fully saturated rings. The van der Waals surface area contributed by atoms with Gasteiger partial charge < -0.3 is 4.74 Å². The molecule has 0 N–H and O–H groups in total. The van der Waals surface area contributed by atoms with Crippen LogP contribution < -0.4 is 0 Å². The second kappa shape index (κ2) is 5.96. The van der Waals surface area contributed by atoms with Crippen LogP contribution in [0.1, 0.15) is 31.9 Å². The molecule has 2 aromatic rings. The monoisotopic (exact) mass is 330 g/mol. The van der Waals surface area contributed by atoms with Crippen molar-refractivity contribution in [2.24, 2.45) is 0 Å². The summed E-state index contributed by atoms with van der Waals surface area (Å²) in [5.41, 5.74) is -0.386. The smallest absolute Gasteiger partial charge is 0.303 e. The van der Waals surface area contributed by atoms with Crippen LogP contribution in [0.4, 0.5) is 17.6 Å². The number of aromatic nitrogens is 2. The highest BCUT2D eigenvalue weighted by Crippen LogP contribution is 2.44. The van der Waals surface area contributed by atoms with Crippen LogP contribution >= 0.6 is 0 Å². The van der Waals surface area contributed by atoms with Crippen LogP contribution in [0.3, 0.4) is 0 Å². The quantitative estimate of drug-likeness (QED) is 0.727. The zero-order chi connectivity index (χ0) is 17.3. The Morgan fingerprint density at radius 2 is 1.78 bits per heavy atom. The van der Waals surface area contributed by atoms with Gasteiger partial charge in [0.05, 0.1) is 11.9 Å². The Balaban J connectivity index is 2.35. The van der Waals surface area contributed by atoms with Gasteiger partial charge in [0.1, 0.15) is 0 Å². The summed E-state index contributed by atoms with van der Waals surface area (Å²) in [6.45, 7) is 4.55. The predicted molar refractivity (Wildman–Crippen MR) is 77.3 cm³/mol. The molecule has 0 spiro atoms. The summed E-state index contributed by atoms with van der Waals surface area (Å²) in [7, 11) is 0. The van der Waals surface area contributed by atoms with Gasteiger partial charge in [-0.2, -0.15) is 17.6 Å². The van der Waals surface area contributed by atoms with Crippen molar-refractivity contribution in [3.05, 3.63) is 54.1 Å². The third-order valence-corrected chi connectivity index (χ3v) is 3.61. The van der Waals surface area contributed by atoms with Crippen molar-refractivity contribution in [3.63, 3.8) is 0 Å². The van der Waals surface area contributed by atoms with E-state index in [1.54, 1.807) is 24.3 Å². The first-order valence-corrected chi connectivity index (χ1v) is 7.14. The fourth-order valence-corrected chi connectivity index (χ4v) is 2.43. The second-order valence-electron chi connectivity index (χ2n) is 5.65. The Morgan fingerprint density at radius 1 is 1.13 bits per heavy atom. The maximum atomic E-state index is 14.2. The summed E-state index contributed by atoms with van der Waals surface area (Å²) < 4.78 is 61.1. The Kier molecular flexibility index (Phi) is 4.52. The largest absolute Gasteiger partial charge is 0.442 e. The van der Waals surface area contributed by atoms with Gasteiger partial charge in [0.15, 0.2) is 0 Å². The molecule has 2 rings (SSSR count). The molecular formula is C16H18F4N2O. The number of imidazole rings is 1. The molecule has 23 heavy (non-hydrogen) atoms. The Bertz CT molecular complexity index is 654. The topological polar surface area (TPSA) is 27.1 Å². The molecule has 1 aromatic heterocycles. The van der Waals surface area contributed by atoms with Crippen LogP contribution in [0.5, 0.6) is 0 Å². The van der Waals surface area contributed by atoms with E-state index in [1.807, 2.05) is 6.92 Å². The zero-order valence-electron chi connectivity index (χ0n) is 13.1.